The van der Waals surface area contributed by atoms with Crippen LogP contribution in [-0.2, 0) is 4.79 Å². The van der Waals surface area contributed by atoms with E-state index in [1.165, 1.54) is 6.42 Å². The summed E-state index contributed by atoms with van der Waals surface area (Å²) >= 11 is 1.65. The summed E-state index contributed by atoms with van der Waals surface area (Å²) in [6, 6.07) is -0.790. The van der Waals surface area contributed by atoms with Crippen LogP contribution in [0.4, 0.5) is 0 Å². The van der Waals surface area contributed by atoms with E-state index in [1.807, 2.05) is 13.8 Å². The minimum atomic E-state index is -0.920. The maximum atomic E-state index is 10.7. The largest absolute Gasteiger partial charge is 0.480 e. The van der Waals surface area contributed by atoms with Gasteiger partial charge < -0.3 is 10.8 Å². The van der Waals surface area contributed by atoms with Crippen molar-refractivity contribution in [2.24, 2.45) is 11.7 Å². The van der Waals surface area contributed by atoms with Gasteiger partial charge in [-0.2, -0.15) is 11.8 Å². The third-order valence-electron chi connectivity index (χ3n) is 2.41. The molecule has 0 bridgehead atoms. The molecule has 0 unspecified atom stereocenters. The van der Waals surface area contributed by atoms with E-state index in [-0.39, 0.29) is 4.75 Å². The smallest absolute Gasteiger partial charge is 0.321 e. The van der Waals surface area contributed by atoms with Crippen LogP contribution in [0.2, 0.25) is 0 Å². The molecule has 4 heteroatoms. The Bertz CT molecular complexity index is 205. The van der Waals surface area contributed by atoms with E-state index < -0.39 is 12.0 Å². The Kier molecular flexibility index (Phi) is 6.29. The molecule has 0 radical (unpaired) electrons. The Balaban J connectivity index is 3.88. The van der Waals surface area contributed by atoms with Gasteiger partial charge in [0.1, 0.15) is 6.04 Å². The zero-order valence-electron chi connectivity index (χ0n) is 10.1. The molecule has 0 aromatic rings. The second kappa shape index (κ2) is 6.38. The maximum absolute atomic E-state index is 10.7. The average molecular weight is 233 g/mol. The van der Waals surface area contributed by atoms with Crippen molar-refractivity contribution in [3.63, 3.8) is 0 Å². The summed E-state index contributed by atoms with van der Waals surface area (Å²) in [6.07, 6.45) is 2.31. The first-order valence-corrected chi connectivity index (χ1v) is 6.38. The number of hydrogen-bond donors (Lipinski definition) is 2. The molecule has 0 saturated heterocycles. The van der Waals surface area contributed by atoms with Crippen LogP contribution in [0.3, 0.4) is 0 Å². The van der Waals surface area contributed by atoms with Crippen LogP contribution >= 0.6 is 11.8 Å². The van der Waals surface area contributed by atoms with E-state index >= 15 is 0 Å². The normalized spacial score (nSPS) is 14.3. The molecule has 90 valence electrons. The fourth-order valence-electron chi connectivity index (χ4n) is 1.21. The van der Waals surface area contributed by atoms with Crippen LogP contribution in [0.1, 0.15) is 40.5 Å². The number of thioether (sulfide) groups is 1. The monoisotopic (exact) mass is 233 g/mol. The summed E-state index contributed by atoms with van der Waals surface area (Å²) in [5.41, 5.74) is 5.62. The minimum absolute atomic E-state index is 0.386. The van der Waals surface area contributed by atoms with Crippen molar-refractivity contribution in [1.82, 2.24) is 0 Å². The van der Waals surface area contributed by atoms with Gasteiger partial charge in [0.05, 0.1) is 0 Å². The Morgan fingerprint density at radius 2 is 2.00 bits per heavy atom. The molecule has 1 atom stereocenters. The number of carbonyl (C=O) groups is 1. The average Bonchev–Trinajstić information content (AvgIpc) is 2.10. The van der Waals surface area contributed by atoms with Gasteiger partial charge in [-0.05, 0) is 31.9 Å². The lowest BCUT2D eigenvalue weighted by atomic mass is 10.1. The molecule has 0 spiro atoms. The molecule has 0 amide bonds. The summed E-state index contributed by atoms with van der Waals surface area (Å²) in [6.45, 7) is 8.18. The summed E-state index contributed by atoms with van der Waals surface area (Å²) in [4.78, 5) is 10.7. The van der Waals surface area contributed by atoms with E-state index in [4.69, 9.17) is 10.8 Å². The Morgan fingerprint density at radius 1 is 1.47 bits per heavy atom. The quantitative estimate of drug-likeness (QED) is 0.663. The van der Waals surface area contributed by atoms with Crippen LogP contribution in [0.5, 0.6) is 0 Å². The van der Waals surface area contributed by atoms with Gasteiger partial charge in [0.2, 0.25) is 0 Å². The fourth-order valence-corrected chi connectivity index (χ4v) is 2.33. The van der Waals surface area contributed by atoms with Crippen molar-refractivity contribution in [2.75, 3.05) is 5.75 Å². The number of aliphatic carboxylic acids is 1. The van der Waals surface area contributed by atoms with Gasteiger partial charge in [-0.15, -0.1) is 0 Å². The van der Waals surface area contributed by atoms with E-state index in [9.17, 15) is 4.79 Å². The predicted molar refractivity (Wildman–Crippen MR) is 66.2 cm³/mol. The maximum Gasteiger partial charge on any atom is 0.321 e. The molecule has 0 aliphatic heterocycles. The Morgan fingerprint density at radius 3 is 2.40 bits per heavy atom. The highest BCUT2D eigenvalue weighted by atomic mass is 32.2. The van der Waals surface area contributed by atoms with Crippen molar-refractivity contribution in [2.45, 2.75) is 51.3 Å². The fraction of sp³-hybridized carbons (Fsp3) is 0.909. The Labute approximate surface area is 96.8 Å². The summed E-state index contributed by atoms with van der Waals surface area (Å²) in [5, 5.41) is 8.82. The van der Waals surface area contributed by atoms with Gasteiger partial charge in [-0.1, -0.05) is 20.3 Å². The van der Waals surface area contributed by atoms with Crippen molar-refractivity contribution in [1.29, 1.82) is 0 Å². The van der Waals surface area contributed by atoms with Gasteiger partial charge in [0.25, 0.3) is 0 Å². The molecule has 0 aromatic heterocycles. The van der Waals surface area contributed by atoms with Crippen molar-refractivity contribution in [3.05, 3.63) is 0 Å². The zero-order valence-corrected chi connectivity index (χ0v) is 10.9. The molecular formula is C11H23NO2S. The second-order valence-corrected chi connectivity index (χ2v) is 6.55. The first-order valence-electron chi connectivity index (χ1n) is 5.39. The highest BCUT2D eigenvalue weighted by molar-refractivity contribution is 8.00. The van der Waals surface area contributed by atoms with Crippen LogP contribution in [-0.4, -0.2) is 27.6 Å². The molecule has 0 saturated carbocycles. The van der Waals surface area contributed by atoms with Crippen molar-refractivity contribution in [3.8, 4) is 0 Å². The topological polar surface area (TPSA) is 63.3 Å². The van der Waals surface area contributed by atoms with Crippen LogP contribution < -0.4 is 5.73 Å². The number of carboxylic acid groups (broad SMARTS) is 1. The van der Waals surface area contributed by atoms with Crippen molar-refractivity contribution < 1.29 is 9.90 Å². The lowest BCUT2D eigenvalue weighted by molar-refractivity contribution is -0.139. The second-order valence-electron chi connectivity index (χ2n) is 4.80. The minimum Gasteiger partial charge on any atom is -0.480 e. The van der Waals surface area contributed by atoms with Gasteiger partial charge in [-0.3, -0.25) is 4.79 Å². The third kappa shape index (κ3) is 6.05. The van der Waals surface area contributed by atoms with E-state index in [0.29, 0.717) is 5.92 Å². The molecule has 0 rings (SSSR count). The number of nitrogens with two attached hydrogens (primary N) is 1. The molecule has 0 heterocycles. The molecule has 0 fully saturated rings. The van der Waals surface area contributed by atoms with Gasteiger partial charge >= 0.3 is 5.97 Å². The van der Waals surface area contributed by atoms with E-state index in [2.05, 4.69) is 13.8 Å². The lowest BCUT2D eigenvalue weighted by Crippen LogP contribution is -2.46. The molecule has 3 N–H and O–H groups in total. The Hall–Kier alpha value is -0.220. The first kappa shape index (κ1) is 14.8. The van der Waals surface area contributed by atoms with Gasteiger partial charge in [0, 0.05) is 4.75 Å². The van der Waals surface area contributed by atoms with Gasteiger partial charge in [-0.25, -0.2) is 0 Å². The van der Waals surface area contributed by atoms with Crippen LogP contribution in [0.25, 0.3) is 0 Å². The molecule has 15 heavy (non-hydrogen) atoms. The highest BCUT2D eigenvalue weighted by Crippen LogP contribution is 2.28. The summed E-state index contributed by atoms with van der Waals surface area (Å²) in [5.74, 6) is 0.768. The standard InChI is InChI=1S/C11H23NO2S/c1-8(2)6-5-7-15-11(3,4)9(12)10(13)14/h8-9H,5-7,12H2,1-4H3,(H,13,14)/t9-/m0/s1. The third-order valence-corrected chi connectivity index (χ3v) is 3.91. The summed E-state index contributed by atoms with van der Waals surface area (Å²) in [7, 11) is 0. The van der Waals surface area contributed by atoms with Crippen molar-refractivity contribution >= 4 is 17.7 Å². The van der Waals surface area contributed by atoms with Crippen LogP contribution in [0, 0.1) is 5.92 Å². The molecule has 0 aliphatic carbocycles. The lowest BCUT2D eigenvalue weighted by Gasteiger charge is -2.28. The number of hydrogen-bond acceptors (Lipinski definition) is 3. The SMILES string of the molecule is CC(C)CCCSC(C)(C)[C@@H](N)C(=O)O. The highest BCUT2D eigenvalue weighted by Gasteiger charge is 2.32. The number of rotatable bonds is 7. The zero-order chi connectivity index (χ0) is 12.1. The predicted octanol–water partition coefficient (Wildman–Crippen LogP) is 2.35. The first-order chi connectivity index (χ1) is 6.77. The van der Waals surface area contributed by atoms with Crippen LogP contribution in [0.15, 0.2) is 0 Å². The molecule has 3 nitrogen and oxygen atoms in total. The number of carboxylic acids is 1. The van der Waals surface area contributed by atoms with E-state index in [1.54, 1.807) is 11.8 Å². The summed E-state index contributed by atoms with van der Waals surface area (Å²) < 4.78 is -0.386. The molecular weight excluding hydrogens is 210 g/mol. The molecule has 0 aromatic carbocycles. The van der Waals surface area contributed by atoms with E-state index in [0.717, 1.165) is 12.2 Å². The molecule has 0 aliphatic rings. The van der Waals surface area contributed by atoms with Gasteiger partial charge in [0.15, 0.2) is 0 Å².